The van der Waals surface area contributed by atoms with Crippen molar-refractivity contribution >= 4 is 16.3 Å². The summed E-state index contributed by atoms with van der Waals surface area (Å²) < 4.78 is 5.53. The third-order valence-electron chi connectivity index (χ3n) is 2.24. The fourth-order valence-electron chi connectivity index (χ4n) is 1.44. The van der Waals surface area contributed by atoms with E-state index in [1.54, 1.807) is 11.3 Å². The van der Waals surface area contributed by atoms with Crippen LogP contribution in [0.5, 0.6) is 5.75 Å². The summed E-state index contributed by atoms with van der Waals surface area (Å²) in [6, 6.07) is 12.1. The maximum absolute atomic E-state index is 5.71. The molecule has 2 aromatic rings. The first-order valence-corrected chi connectivity index (χ1v) is 6.20. The Bertz CT molecular complexity index is 447. The Balaban J connectivity index is 2.13. The van der Waals surface area contributed by atoms with E-state index >= 15 is 0 Å². The summed E-state index contributed by atoms with van der Waals surface area (Å²) in [4.78, 5) is 1.19. The van der Waals surface area contributed by atoms with Gasteiger partial charge >= 0.3 is 0 Å². The minimum Gasteiger partial charge on any atom is -0.494 e. The van der Waals surface area contributed by atoms with E-state index in [0.29, 0.717) is 0 Å². The van der Waals surface area contributed by atoms with Crippen LogP contribution in [0.3, 0.4) is 0 Å². The lowest BCUT2D eigenvalue weighted by Gasteiger charge is -2.04. The zero-order chi connectivity index (χ0) is 11.4. The van der Waals surface area contributed by atoms with Gasteiger partial charge in [0.15, 0.2) is 0 Å². The third-order valence-corrected chi connectivity index (χ3v) is 3.20. The highest BCUT2D eigenvalue weighted by Gasteiger charge is 2.01. The van der Waals surface area contributed by atoms with Gasteiger partial charge in [-0.15, -0.1) is 11.3 Å². The predicted octanol–water partition coefficient (Wildman–Crippen LogP) is 3.79. The third kappa shape index (κ3) is 2.55. The van der Waals surface area contributed by atoms with E-state index < -0.39 is 0 Å². The highest BCUT2D eigenvalue weighted by Crippen LogP contribution is 2.30. The van der Waals surface area contributed by atoms with Gasteiger partial charge in [-0.1, -0.05) is 6.92 Å². The molecule has 0 bridgehead atoms. The lowest BCUT2D eigenvalue weighted by molar-refractivity contribution is 0.317. The molecule has 16 heavy (non-hydrogen) atoms. The summed E-state index contributed by atoms with van der Waals surface area (Å²) in [5.41, 5.74) is 6.89. The first-order valence-electron chi connectivity index (χ1n) is 5.38. The maximum Gasteiger partial charge on any atom is 0.119 e. The van der Waals surface area contributed by atoms with Crippen LogP contribution >= 0.6 is 11.3 Å². The molecule has 1 heterocycles. The zero-order valence-electron chi connectivity index (χ0n) is 9.27. The van der Waals surface area contributed by atoms with Gasteiger partial charge in [0.2, 0.25) is 0 Å². The van der Waals surface area contributed by atoms with Crippen LogP contribution in [0.4, 0.5) is 5.00 Å². The molecular weight excluding hydrogens is 218 g/mol. The molecule has 2 nitrogen and oxygen atoms in total. The van der Waals surface area contributed by atoms with Crippen molar-refractivity contribution in [2.24, 2.45) is 0 Å². The fraction of sp³-hybridized carbons (Fsp3) is 0.231. The van der Waals surface area contributed by atoms with E-state index in [9.17, 15) is 0 Å². The first-order chi connectivity index (χ1) is 7.79. The number of hydrogen-bond acceptors (Lipinski definition) is 3. The van der Waals surface area contributed by atoms with Gasteiger partial charge in [-0.2, -0.15) is 0 Å². The van der Waals surface area contributed by atoms with Crippen LogP contribution in [0, 0.1) is 0 Å². The van der Waals surface area contributed by atoms with Crippen LogP contribution in [0.15, 0.2) is 36.4 Å². The number of ether oxygens (including phenoxy) is 1. The molecule has 0 atom stereocenters. The lowest BCUT2D eigenvalue weighted by Crippen LogP contribution is -1.94. The van der Waals surface area contributed by atoms with E-state index in [1.165, 1.54) is 10.4 Å². The van der Waals surface area contributed by atoms with Gasteiger partial charge in [-0.05, 0) is 48.4 Å². The second kappa shape index (κ2) is 5.03. The Morgan fingerprint density at radius 1 is 1.12 bits per heavy atom. The molecular formula is C13H15NOS. The summed E-state index contributed by atoms with van der Waals surface area (Å²) in [6.45, 7) is 2.87. The Hall–Kier alpha value is -1.48. The van der Waals surface area contributed by atoms with Crippen molar-refractivity contribution < 1.29 is 4.74 Å². The van der Waals surface area contributed by atoms with Gasteiger partial charge in [-0.3, -0.25) is 0 Å². The van der Waals surface area contributed by atoms with Gasteiger partial charge in [0, 0.05) is 4.88 Å². The van der Waals surface area contributed by atoms with Crippen LogP contribution in [-0.4, -0.2) is 6.61 Å². The van der Waals surface area contributed by atoms with E-state index in [0.717, 1.165) is 23.8 Å². The number of thiophene rings is 1. The smallest absolute Gasteiger partial charge is 0.119 e. The van der Waals surface area contributed by atoms with Crippen LogP contribution in [0.2, 0.25) is 0 Å². The second-order valence-electron chi connectivity index (χ2n) is 3.57. The summed E-state index contributed by atoms with van der Waals surface area (Å²) >= 11 is 1.60. The average molecular weight is 233 g/mol. The number of benzene rings is 1. The Morgan fingerprint density at radius 3 is 2.44 bits per heavy atom. The van der Waals surface area contributed by atoms with Crippen molar-refractivity contribution in [2.45, 2.75) is 13.3 Å². The number of nitrogen functional groups attached to an aromatic ring is 1. The molecule has 0 fully saturated rings. The summed E-state index contributed by atoms with van der Waals surface area (Å²) in [5, 5.41) is 0.848. The van der Waals surface area contributed by atoms with Crippen LogP contribution in [-0.2, 0) is 0 Å². The zero-order valence-corrected chi connectivity index (χ0v) is 10.1. The average Bonchev–Trinajstić information content (AvgIpc) is 2.74. The number of hydrogen-bond donors (Lipinski definition) is 1. The minimum absolute atomic E-state index is 0.769. The van der Waals surface area contributed by atoms with Gasteiger partial charge in [0.1, 0.15) is 5.75 Å². The highest BCUT2D eigenvalue weighted by atomic mass is 32.1. The molecule has 2 rings (SSSR count). The fourth-order valence-corrected chi connectivity index (χ4v) is 2.22. The van der Waals surface area contributed by atoms with Crippen LogP contribution < -0.4 is 10.5 Å². The molecule has 2 N–H and O–H groups in total. The van der Waals surface area contributed by atoms with E-state index in [2.05, 4.69) is 19.1 Å². The normalized spacial score (nSPS) is 10.3. The predicted molar refractivity (Wildman–Crippen MR) is 70.0 cm³/mol. The molecule has 0 radical (unpaired) electrons. The number of nitrogens with two attached hydrogens (primary N) is 1. The molecule has 0 unspecified atom stereocenters. The molecule has 0 saturated carbocycles. The largest absolute Gasteiger partial charge is 0.494 e. The van der Waals surface area contributed by atoms with Crippen molar-refractivity contribution in [3.63, 3.8) is 0 Å². The van der Waals surface area contributed by atoms with Crippen molar-refractivity contribution in [2.75, 3.05) is 12.3 Å². The topological polar surface area (TPSA) is 35.2 Å². The second-order valence-corrected chi connectivity index (χ2v) is 4.69. The summed E-state index contributed by atoms with van der Waals surface area (Å²) in [5.74, 6) is 0.926. The maximum atomic E-state index is 5.71. The molecule has 1 aromatic carbocycles. The lowest BCUT2D eigenvalue weighted by atomic mass is 10.2. The van der Waals surface area contributed by atoms with E-state index in [1.807, 2.05) is 24.3 Å². The van der Waals surface area contributed by atoms with Crippen molar-refractivity contribution in [1.29, 1.82) is 0 Å². The van der Waals surface area contributed by atoms with Crippen molar-refractivity contribution in [3.8, 4) is 16.2 Å². The van der Waals surface area contributed by atoms with E-state index in [4.69, 9.17) is 10.5 Å². The van der Waals surface area contributed by atoms with Crippen LogP contribution in [0.1, 0.15) is 13.3 Å². The van der Waals surface area contributed by atoms with Gasteiger partial charge in [0.05, 0.1) is 11.6 Å². The van der Waals surface area contributed by atoms with Gasteiger partial charge in [-0.25, -0.2) is 0 Å². The quantitative estimate of drug-likeness (QED) is 0.872. The van der Waals surface area contributed by atoms with Crippen molar-refractivity contribution in [3.05, 3.63) is 36.4 Å². The van der Waals surface area contributed by atoms with Gasteiger partial charge in [0.25, 0.3) is 0 Å². The highest BCUT2D eigenvalue weighted by molar-refractivity contribution is 7.19. The molecule has 0 aliphatic heterocycles. The standard InChI is InChI=1S/C13H15NOS/c1-2-9-15-11-5-3-10(4-6-11)12-7-8-13(14)16-12/h3-8H,2,9,14H2,1H3. The SMILES string of the molecule is CCCOc1ccc(-c2ccc(N)s2)cc1. The van der Waals surface area contributed by atoms with Crippen LogP contribution in [0.25, 0.3) is 10.4 Å². The molecule has 0 aliphatic carbocycles. The Kier molecular flexibility index (Phi) is 3.47. The molecule has 84 valence electrons. The molecule has 1 aromatic heterocycles. The Labute approximate surface area is 99.7 Å². The molecule has 0 aliphatic rings. The summed E-state index contributed by atoms with van der Waals surface area (Å²) in [7, 11) is 0. The first kappa shape index (κ1) is 11.0. The number of anilines is 1. The summed E-state index contributed by atoms with van der Waals surface area (Å²) in [6.07, 6.45) is 1.03. The monoisotopic (exact) mass is 233 g/mol. The van der Waals surface area contributed by atoms with Crippen molar-refractivity contribution in [1.82, 2.24) is 0 Å². The molecule has 0 saturated heterocycles. The van der Waals surface area contributed by atoms with Gasteiger partial charge < -0.3 is 10.5 Å². The molecule has 3 heteroatoms. The molecule has 0 spiro atoms. The minimum atomic E-state index is 0.769. The molecule has 0 amide bonds. The number of rotatable bonds is 4. The Morgan fingerprint density at radius 2 is 1.88 bits per heavy atom. The van der Waals surface area contributed by atoms with E-state index in [-0.39, 0.29) is 0 Å².